The van der Waals surface area contributed by atoms with Gasteiger partial charge in [-0.25, -0.2) is 0 Å². The molecule has 1 aromatic heterocycles. The molecular weight excluding hydrogens is 316 g/mol. The number of ketones is 1. The van der Waals surface area contributed by atoms with Crippen LogP contribution < -0.4 is 9.64 Å². The van der Waals surface area contributed by atoms with Crippen LogP contribution in [0.25, 0.3) is 6.08 Å². The number of nitrogens with zero attached hydrogens (tertiary/aromatic N) is 2. The average Bonchev–Trinajstić information content (AvgIpc) is 2.97. The number of carbonyl (C=O) groups is 1. The van der Waals surface area contributed by atoms with Gasteiger partial charge in [0, 0.05) is 43.0 Å². The quantitative estimate of drug-likeness (QED) is 0.807. The second kappa shape index (κ2) is 6.69. The Labute approximate surface area is 146 Å². The van der Waals surface area contributed by atoms with Gasteiger partial charge < -0.3 is 14.4 Å². The number of anilines is 1. The van der Waals surface area contributed by atoms with Crippen LogP contribution in [0.2, 0.25) is 0 Å². The van der Waals surface area contributed by atoms with Crippen LogP contribution in [0.1, 0.15) is 21.5 Å². The van der Waals surface area contributed by atoms with Gasteiger partial charge in [0.25, 0.3) is 0 Å². The number of hydrogen-bond acceptors (Lipinski definition) is 5. The fraction of sp³-hybridized carbons (Fsp3) is 0.300. The Bertz CT molecular complexity index is 824. The molecule has 5 heteroatoms. The first-order valence-corrected chi connectivity index (χ1v) is 8.45. The zero-order valence-electron chi connectivity index (χ0n) is 14.2. The first-order valence-electron chi connectivity index (χ1n) is 8.45. The van der Waals surface area contributed by atoms with Crippen LogP contribution in [0.15, 0.2) is 42.2 Å². The lowest BCUT2D eigenvalue weighted by Crippen LogP contribution is -2.36. The normalized spacial score (nSPS) is 18.5. The molecule has 1 aromatic carbocycles. The van der Waals surface area contributed by atoms with E-state index in [0.717, 1.165) is 46.8 Å². The average molecular weight is 336 g/mol. The number of aromatic nitrogens is 1. The number of Topliss-reactive ketones (excluding diaryl/α,β-unsaturated/α-hetero) is 1. The summed E-state index contributed by atoms with van der Waals surface area (Å²) >= 11 is 0. The highest BCUT2D eigenvalue weighted by Gasteiger charge is 2.28. The molecule has 2 aromatic rings. The van der Waals surface area contributed by atoms with Crippen molar-refractivity contribution in [2.45, 2.75) is 6.42 Å². The number of benzene rings is 1. The van der Waals surface area contributed by atoms with E-state index in [1.807, 2.05) is 24.3 Å². The Morgan fingerprint density at radius 1 is 1.28 bits per heavy atom. The number of fused-ring (bicyclic) bond motifs is 1. The first-order chi connectivity index (χ1) is 12.3. The molecule has 25 heavy (non-hydrogen) atoms. The summed E-state index contributed by atoms with van der Waals surface area (Å²) < 4.78 is 11.0. The van der Waals surface area contributed by atoms with Crippen molar-refractivity contribution < 1.29 is 14.3 Å². The second-order valence-electron chi connectivity index (χ2n) is 6.24. The summed E-state index contributed by atoms with van der Waals surface area (Å²) in [6.45, 7) is 3.10. The van der Waals surface area contributed by atoms with Gasteiger partial charge in [0.05, 0.1) is 26.0 Å². The molecule has 1 aliphatic heterocycles. The topological polar surface area (TPSA) is 51.7 Å². The van der Waals surface area contributed by atoms with Crippen LogP contribution in [-0.4, -0.2) is 44.2 Å². The molecule has 1 aliphatic carbocycles. The van der Waals surface area contributed by atoms with Gasteiger partial charge in [-0.05, 0) is 35.4 Å². The van der Waals surface area contributed by atoms with Crippen LogP contribution in [0.4, 0.5) is 5.69 Å². The molecule has 2 aliphatic rings. The third-order valence-electron chi connectivity index (χ3n) is 4.70. The third-order valence-corrected chi connectivity index (χ3v) is 4.70. The second-order valence-corrected chi connectivity index (χ2v) is 6.24. The van der Waals surface area contributed by atoms with Crippen molar-refractivity contribution >= 4 is 17.5 Å². The van der Waals surface area contributed by atoms with Gasteiger partial charge in [-0.1, -0.05) is 6.07 Å². The Hall–Kier alpha value is -2.66. The molecule has 0 spiro atoms. The molecule has 0 atom stereocenters. The summed E-state index contributed by atoms with van der Waals surface area (Å²) in [5.41, 5.74) is 4.58. The number of rotatable bonds is 3. The summed E-state index contributed by atoms with van der Waals surface area (Å²) in [4.78, 5) is 19.1. The van der Waals surface area contributed by atoms with Gasteiger partial charge in [0.2, 0.25) is 0 Å². The van der Waals surface area contributed by atoms with Gasteiger partial charge in [-0.15, -0.1) is 0 Å². The zero-order valence-corrected chi connectivity index (χ0v) is 14.2. The van der Waals surface area contributed by atoms with Crippen molar-refractivity contribution in [2.24, 2.45) is 0 Å². The Kier molecular flexibility index (Phi) is 4.24. The number of carbonyl (C=O) groups excluding carboxylic acids is 1. The zero-order chi connectivity index (χ0) is 17.2. The molecule has 0 radical (unpaired) electrons. The largest absolute Gasteiger partial charge is 0.495 e. The molecular formula is C20H20N2O3. The predicted octanol–water partition coefficient (Wildman–Crippen LogP) is 2.75. The SMILES string of the molecule is COc1cc2c(cc1N1CCOCC1)CC(=Cc1cccnc1)C2=O. The van der Waals surface area contributed by atoms with Crippen LogP contribution in [0.5, 0.6) is 5.75 Å². The monoisotopic (exact) mass is 336 g/mol. The minimum atomic E-state index is 0.0747. The fourth-order valence-electron chi connectivity index (χ4n) is 3.42. The van der Waals surface area contributed by atoms with Gasteiger partial charge in [0.15, 0.2) is 5.78 Å². The van der Waals surface area contributed by atoms with E-state index in [9.17, 15) is 4.79 Å². The number of allylic oxidation sites excluding steroid dienone is 1. The summed E-state index contributed by atoms with van der Waals surface area (Å²) in [6, 6.07) is 7.81. The summed E-state index contributed by atoms with van der Waals surface area (Å²) in [5, 5.41) is 0. The highest BCUT2D eigenvalue weighted by molar-refractivity contribution is 6.16. The van der Waals surface area contributed by atoms with Crippen molar-refractivity contribution in [1.82, 2.24) is 4.98 Å². The van der Waals surface area contributed by atoms with E-state index in [1.54, 1.807) is 19.5 Å². The van der Waals surface area contributed by atoms with E-state index in [4.69, 9.17) is 9.47 Å². The van der Waals surface area contributed by atoms with E-state index >= 15 is 0 Å². The van der Waals surface area contributed by atoms with Gasteiger partial charge >= 0.3 is 0 Å². The van der Waals surface area contributed by atoms with Crippen molar-refractivity contribution in [2.75, 3.05) is 38.3 Å². The number of pyridine rings is 1. The minimum Gasteiger partial charge on any atom is -0.495 e. The summed E-state index contributed by atoms with van der Waals surface area (Å²) in [7, 11) is 1.65. The molecule has 0 amide bonds. The highest BCUT2D eigenvalue weighted by atomic mass is 16.5. The molecule has 1 fully saturated rings. The Balaban J connectivity index is 1.69. The molecule has 5 nitrogen and oxygen atoms in total. The number of ether oxygens (including phenoxy) is 2. The summed E-state index contributed by atoms with van der Waals surface area (Å²) in [6.07, 6.45) is 6.07. The standard InChI is InChI=1S/C20H20N2O3/c1-24-19-12-17-15(11-18(19)22-5-7-25-8-6-22)10-16(20(17)23)9-14-3-2-4-21-13-14/h2-4,9,11-13H,5-8,10H2,1H3. The third kappa shape index (κ3) is 3.03. The molecule has 0 saturated carbocycles. The van der Waals surface area contributed by atoms with E-state index in [2.05, 4.69) is 16.0 Å². The van der Waals surface area contributed by atoms with Crippen molar-refractivity contribution in [3.8, 4) is 5.75 Å². The first kappa shape index (κ1) is 15.8. The van der Waals surface area contributed by atoms with Crippen molar-refractivity contribution in [1.29, 1.82) is 0 Å². The molecule has 0 unspecified atom stereocenters. The van der Waals surface area contributed by atoms with Crippen molar-refractivity contribution in [3.05, 3.63) is 58.9 Å². The smallest absolute Gasteiger partial charge is 0.189 e. The minimum absolute atomic E-state index is 0.0747. The van der Waals surface area contributed by atoms with E-state index in [-0.39, 0.29) is 5.78 Å². The molecule has 1 saturated heterocycles. The number of hydrogen-bond donors (Lipinski definition) is 0. The highest BCUT2D eigenvalue weighted by Crippen LogP contribution is 2.37. The van der Waals surface area contributed by atoms with Gasteiger partial charge in [0.1, 0.15) is 5.75 Å². The van der Waals surface area contributed by atoms with Gasteiger partial charge in [-0.2, -0.15) is 0 Å². The van der Waals surface area contributed by atoms with Crippen LogP contribution in [-0.2, 0) is 11.2 Å². The van der Waals surface area contributed by atoms with E-state index in [0.29, 0.717) is 19.6 Å². The van der Waals surface area contributed by atoms with E-state index in [1.165, 1.54) is 0 Å². The lowest BCUT2D eigenvalue weighted by atomic mass is 10.1. The molecule has 2 heterocycles. The van der Waals surface area contributed by atoms with Crippen LogP contribution in [0.3, 0.4) is 0 Å². The maximum absolute atomic E-state index is 12.8. The molecule has 128 valence electrons. The predicted molar refractivity (Wildman–Crippen MR) is 96.3 cm³/mol. The molecule has 4 rings (SSSR count). The Morgan fingerprint density at radius 2 is 2.12 bits per heavy atom. The maximum Gasteiger partial charge on any atom is 0.189 e. The molecule has 0 bridgehead atoms. The molecule has 0 N–H and O–H groups in total. The lowest BCUT2D eigenvalue weighted by molar-refractivity contribution is 0.104. The van der Waals surface area contributed by atoms with Gasteiger partial charge in [-0.3, -0.25) is 9.78 Å². The van der Waals surface area contributed by atoms with Crippen molar-refractivity contribution in [3.63, 3.8) is 0 Å². The maximum atomic E-state index is 12.8. The Morgan fingerprint density at radius 3 is 2.84 bits per heavy atom. The lowest BCUT2D eigenvalue weighted by Gasteiger charge is -2.30. The van der Waals surface area contributed by atoms with Crippen LogP contribution >= 0.6 is 0 Å². The number of methoxy groups -OCH3 is 1. The van der Waals surface area contributed by atoms with E-state index < -0.39 is 0 Å². The number of morpholine rings is 1. The summed E-state index contributed by atoms with van der Waals surface area (Å²) in [5.74, 6) is 0.822. The van der Waals surface area contributed by atoms with Crippen LogP contribution in [0, 0.1) is 0 Å². The fourth-order valence-corrected chi connectivity index (χ4v) is 3.42.